The van der Waals surface area contributed by atoms with E-state index in [9.17, 15) is 14.4 Å². The van der Waals surface area contributed by atoms with Gasteiger partial charge >= 0.3 is 5.97 Å². The summed E-state index contributed by atoms with van der Waals surface area (Å²) in [7, 11) is 0. The molecule has 0 aliphatic carbocycles. The van der Waals surface area contributed by atoms with Crippen LogP contribution in [0.15, 0.2) is 29.1 Å². The van der Waals surface area contributed by atoms with Crippen molar-refractivity contribution in [1.82, 2.24) is 14.9 Å². The van der Waals surface area contributed by atoms with Crippen LogP contribution in [0.1, 0.15) is 25.6 Å². The monoisotopic (exact) mass is 317 g/mol. The number of para-hydroxylation sites is 1. The van der Waals surface area contributed by atoms with Crippen LogP contribution in [-0.4, -0.2) is 44.9 Å². The molecule has 1 aromatic heterocycles. The molecule has 7 heteroatoms. The summed E-state index contributed by atoms with van der Waals surface area (Å²) in [6.45, 7) is 1.81. The van der Waals surface area contributed by atoms with Crippen LogP contribution in [0.4, 0.5) is 0 Å². The van der Waals surface area contributed by atoms with Gasteiger partial charge in [-0.25, -0.2) is 4.98 Å². The van der Waals surface area contributed by atoms with Gasteiger partial charge in [0.2, 0.25) is 5.91 Å². The summed E-state index contributed by atoms with van der Waals surface area (Å²) in [6, 6.07) is 7.07. The van der Waals surface area contributed by atoms with Crippen LogP contribution in [0.5, 0.6) is 0 Å². The number of carboxylic acid groups (broad SMARTS) is 1. The summed E-state index contributed by atoms with van der Waals surface area (Å²) in [5, 5.41) is 9.29. The Balaban J connectivity index is 1.97. The van der Waals surface area contributed by atoms with E-state index in [1.54, 1.807) is 25.1 Å². The van der Waals surface area contributed by atoms with Crippen LogP contribution < -0.4 is 5.56 Å². The minimum atomic E-state index is -1.03. The number of nitrogens with zero attached hydrogens (tertiary/aromatic N) is 2. The molecule has 122 valence electrons. The molecule has 1 amide bonds. The molecule has 2 rings (SSSR count). The van der Waals surface area contributed by atoms with Crippen LogP contribution in [0, 0.1) is 0 Å². The molecule has 0 radical (unpaired) electrons. The summed E-state index contributed by atoms with van der Waals surface area (Å²) < 4.78 is 0. The number of likely N-dealkylation sites (N-methyl/N-ethyl adjacent to an activating group) is 1. The molecular formula is C16H19N3O4. The molecule has 0 spiro atoms. The van der Waals surface area contributed by atoms with Gasteiger partial charge in [-0.05, 0) is 25.5 Å². The molecule has 0 unspecified atom stereocenters. The number of nitrogens with one attached hydrogen (secondary N) is 1. The Labute approximate surface area is 133 Å². The number of carbonyl (C=O) groups is 2. The van der Waals surface area contributed by atoms with Gasteiger partial charge < -0.3 is 15.0 Å². The van der Waals surface area contributed by atoms with E-state index in [2.05, 4.69) is 9.97 Å². The zero-order valence-corrected chi connectivity index (χ0v) is 12.9. The molecule has 0 fully saturated rings. The van der Waals surface area contributed by atoms with Crippen LogP contribution in [0.25, 0.3) is 10.9 Å². The Hall–Kier alpha value is -2.70. The normalized spacial score (nSPS) is 10.7. The molecule has 0 saturated heterocycles. The fourth-order valence-electron chi connectivity index (χ4n) is 2.36. The van der Waals surface area contributed by atoms with Gasteiger partial charge in [0.1, 0.15) is 12.4 Å². The van der Waals surface area contributed by atoms with E-state index in [4.69, 9.17) is 5.11 Å². The quantitative estimate of drug-likeness (QED) is 0.798. The third kappa shape index (κ3) is 4.38. The molecule has 1 heterocycles. The van der Waals surface area contributed by atoms with Gasteiger partial charge in [-0.3, -0.25) is 14.4 Å². The van der Waals surface area contributed by atoms with E-state index < -0.39 is 5.97 Å². The topological polar surface area (TPSA) is 103 Å². The molecule has 0 aliphatic rings. The smallest absolute Gasteiger partial charge is 0.323 e. The lowest BCUT2D eigenvalue weighted by Gasteiger charge is -2.18. The van der Waals surface area contributed by atoms with Gasteiger partial charge in [0.15, 0.2) is 0 Å². The predicted molar refractivity (Wildman–Crippen MR) is 85.2 cm³/mol. The SMILES string of the molecule is CCN(CC(=O)O)C(=O)CCCc1nc2ccccc2c(=O)[nH]1. The lowest BCUT2D eigenvalue weighted by Crippen LogP contribution is -2.35. The highest BCUT2D eigenvalue weighted by molar-refractivity contribution is 5.81. The zero-order valence-electron chi connectivity index (χ0n) is 12.9. The molecule has 0 saturated carbocycles. The van der Waals surface area contributed by atoms with Crippen molar-refractivity contribution in [1.29, 1.82) is 0 Å². The first-order chi connectivity index (χ1) is 11.0. The van der Waals surface area contributed by atoms with Gasteiger partial charge in [0, 0.05) is 19.4 Å². The van der Waals surface area contributed by atoms with Crippen molar-refractivity contribution in [3.63, 3.8) is 0 Å². The van der Waals surface area contributed by atoms with Gasteiger partial charge in [-0.15, -0.1) is 0 Å². The van der Waals surface area contributed by atoms with Crippen molar-refractivity contribution in [2.75, 3.05) is 13.1 Å². The second kappa shape index (κ2) is 7.53. The van der Waals surface area contributed by atoms with Crippen molar-refractivity contribution in [2.45, 2.75) is 26.2 Å². The average molecular weight is 317 g/mol. The number of fused-ring (bicyclic) bond motifs is 1. The number of rotatable bonds is 7. The number of aromatic amines is 1. The number of hydrogen-bond acceptors (Lipinski definition) is 4. The number of carboxylic acids is 1. The van der Waals surface area contributed by atoms with Crippen LogP contribution in [0.3, 0.4) is 0 Å². The van der Waals surface area contributed by atoms with E-state index in [0.29, 0.717) is 36.1 Å². The Morgan fingerprint density at radius 2 is 2.04 bits per heavy atom. The number of benzene rings is 1. The van der Waals surface area contributed by atoms with Crippen molar-refractivity contribution in [3.05, 3.63) is 40.4 Å². The molecule has 2 N–H and O–H groups in total. The first-order valence-electron chi connectivity index (χ1n) is 7.48. The standard InChI is InChI=1S/C16H19N3O4/c1-2-19(10-15(21)22)14(20)9-5-8-13-17-12-7-4-3-6-11(12)16(23)18-13/h3-4,6-7H,2,5,8-10H2,1H3,(H,21,22)(H,17,18,23). The van der Waals surface area contributed by atoms with E-state index in [1.807, 2.05) is 6.07 Å². The molecule has 0 atom stereocenters. The molecule has 0 aliphatic heterocycles. The minimum Gasteiger partial charge on any atom is -0.480 e. The molecule has 23 heavy (non-hydrogen) atoms. The van der Waals surface area contributed by atoms with Gasteiger partial charge in [0.25, 0.3) is 5.56 Å². The second-order valence-electron chi connectivity index (χ2n) is 5.18. The Morgan fingerprint density at radius 3 is 2.74 bits per heavy atom. The summed E-state index contributed by atoms with van der Waals surface area (Å²) in [4.78, 5) is 42.9. The molecular weight excluding hydrogens is 298 g/mol. The maximum atomic E-state index is 11.9. The minimum absolute atomic E-state index is 0.196. The van der Waals surface area contributed by atoms with Crippen LogP contribution in [0.2, 0.25) is 0 Å². The van der Waals surface area contributed by atoms with Gasteiger partial charge in [-0.2, -0.15) is 0 Å². The molecule has 1 aromatic carbocycles. The predicted octanol–water partition coefficient (Wildman–Crippen LogP) is 1.18. The number of H-pyrrole nitrogens is 1. The highest BCUT2D eigenvalue weighted by Crippen LogP contribution is 2.08. The van der Waals surface area contributed by atoms with Crippen LogP contribution in [-0.2, 0) is 16.0 Å². The fraction of sp³-hybridized carbons (Fsp3) is 0.375. The maximum absolute atomic E-state index is 11.9. The second-order valence-corrected chi connectivity index (χ2v) is 5.18. The van der Waals surface area contributed by atoms with E-state index in [0.717, 1.165) is 0 Å². The van der Waals surface area contributed by atoms with E-state index >= 15 is 0 Å². The van der Waals surface area contributed by atoms with Crippen molar-refractivity contribution in [2.24, 2.45) is 0 Å². The lowest BCUT2D eigenvalue weighted by molar-refractivity contribution is -0.144. The van der Waals surface area contributed by atoms with Crippen molar-refractivity contribution >= 4 is 22.8 Å². The molecule has 7 nitrogen and oxygen atoms in total. The number of aliphatic carboxylic acids is 1. The van der Waals surface area contributed by atoms with Gasteiger partial charge in [-0.1, -0.05) is 12.1 Å². The highest BCUT2D eigenvalue weighted by atomic mass is 16.4. The number of carbonyl (C=O) groups excluding carboxylic acids is 1. The van der Waals surface area contributed by atoms with Crippen LogP contribution >= 0.6 is 0 Å². The first-order valence-corrected chi connectivity index (χ1v) is 7.48. The largest absolute Gasteiger partial charge is 0.480 e. The average Bonchev–Trinajstić information content (AvgIpc) is 2.52. The van der Waals surface area contributed by atoms with Crippen molar-refractivity contribution in [3.8, 4) is 0 Å². The number of aryl methyl sites for hydroxylation is 1. The van der Waals surface area contributed by atoms with Gasteiger partial charge in [0.05, 0.1) is 10.9 Å². The highest BCUT2D eigenvalue weighted by Gasteiger charge is 2.14. The molecule has 2 aromatic rings. The Kier molecular flexibility index (Phi) is 5.46. The summed E-state index contributed by atoms with van der Waals surface area (Å²) in [5.41, 5.74) is 0.427. The zero-order chi connectivity index (χ0) is 16.8. The molecule has 0 bridgehead atoms. The van der Waals surface area contributed by atoms with Crippen molar-refractivity contribution < 1.29 is 14.7 Å². The first kappa shape index (κ1) is 16.7. The van der Waals surface area contributed by atoms with E-state index in [1.165, 1.54) is 4.90 Å². The number of aromatic nitrogens is 2. The lowest BCUT2D eigenvalue weighted by atomic mass is 10.2. The summed E-state index contributed by atoms with van der Waals surface area (Å²) in [6.07, 6.45) is 1.17. The fourth-order valence-corrected chi connectivity index (χ4v) is 2.36. The number of amides is 1. The Morgan fingerprint density at radius 1 is 1.30 bits per heavy atom. The summed E-state index contributed by atoms with van der Waals surface area (Å²) >= 11 is 0. The maximum Gasteiger partial charge on any atom is 0.323 e. The third-order valence-electron chi connectivity index (χ3n) is 3.53. The Bertz CT molecular complexity index is 769. The summed E-state index contributed by atoms with van der Waals surface area (Å²) in [5.74, 6) is -0.707. The third-order valence-corrected chi connectivity index (χ3v) is 3.53. The number of hydrogen-bond donors (Lipinski definition) is 2. The van der Waals surface area contributed by atoms with E-state index in [-0.39, 0.29) is 24.4 Å².